The second-order valence-electron chi connectivity index (χ2n) is 6.77. The molecule has 0 saturated heterocycles. The Morgan fingerprint density at radius 3 is 2.36 bits per heavy atom. The van der Waals surface area contributed by atoms with Gasteiger partial charge in [0.25, 0.3) is 0 Å². The van der Waals surface area contributed by atoms with Crippen LogP contribution in [-0.4, -0.2) is 15.7 Å². The Hall–Kier alpha value is -2.80. The van der Waals surface area contributed by atoms with Crippen molar-refractivity contribution in [2.45, 2.75) is 24.9 Å². The maximum atomic E-state index is 12.8. The van der Waals surface area contributed by atoms with Gasteiger partial charge in [-0.3, -0.25) is 9.59 Å². The van der Waals surface area contributed by atoms with Gasteiger partial charge < -0.3 is 5.21 Å². The number of Topliss-reactive ketones (excluding diaryl/α,β-unsaturated/α-hetero) is 1. The summed E-state index contributed by atoms with van der Waals surface area (Å²) < 4.78 is 39.1. The average Bonchev–Trinajstić information content (AvgIpc) is 2.65. The molecular weight excluding hydrogens is 395 g/mol. The zero-order valence-electron chi connectivity index (χ0n) is 14.3. The minimum atomic E-state index is -4.45. The minimum Gasteiger partial charge on any atom is -0.428 e. The number of fused-ring (bicyclic) bond motifs is 2. The highest BCUT2D eigenvalue weighted by molar-refractivity contribution is 6.31. The first-order chi connectivity index (χ1) is 13.2. The molecule has 144 valence electrons. The monoisotopic (exact) mass is 407 g/mol. The Labute approximate surface area is 161 Å². The van der Waals surface area contributed by atoms with Crippen molar-refractivity contribution in [3.05, 3.63) is 80.1 Å². The van der Waals surface area contributed by atoms with Crippen molar-refractivity contribution in [1.29, 1.82) is 0 Å². The Balaban J connectivity index is 1.81. The third-order valence-electron chi connectivity index (χ3n) is 5.06. The number of alkyl halides is 3. The summed E-state index contributed by atoms with van der Waals surface area (Å²) >= 11 is 5.95. The largest absolute Gasteiger partial charge is 0.428 e. The summed E-state index contributed by atoms with van der Waals surface area (Å²) in [5.41, 5.74) is -0.495. The standard InChI is InChI=1S/C20H13ClF3NO3/c21-13-5-6-14-15(9-13)25(28)16-7-11(8-17(26)18(16)19(14)27)10-1-3-12(4-2-10)20(22,23)24/h1-6,9,11,28H,7-8H2. The van der Waals surface area contributed by atoms with E-state index in [1.807, 2.05) is 0 Å². The Bertz CT molecular complexity index is 1170. The molecule has 0 fully saturated rings. The van der Waals surface area contributed by atoms with Crippen LogP contribution in [0.15, 0.2) is 47.3 Å². The van der Waals surface area contributed by atoms with Gasteiger partial charge >= 0.3 is 6.18 Å². The number of ketones is 1. The highest BCUT2D eigenvalue weighted by Gasteiger charge is 2.33. The minimum absolute atomic E-state index is 0.0211. The fraction of sp³-hybridized carbons (Fsp3) is 0.200. The third kappa shape index (κ3) is 2.96. The maximum Gasteiger partial charge on any atom is 0.416 e. The van der Waals surface area contributed by atoms with E-state index in [1.165, 1.54) is 30.3 Å². The van der Waals surface area contributed by atoms with Gasteiger partial charge in [-0.25, -0.2) is 0 Å². The molecule has 1 heterocycles. The lowest BCUT2D eigenvalue weighted by Gasteiger charge is -2.26. The zero-order chi connectivity index (χ0) is 20.2. The van der Waals surface area contributed by atoms with Gasteiger partial charge in [-0.1, -0.05) is 23.7 Å². The van der Waals surface area contributed by atoms with E-state index in [2.05, 4.69) is 0 Å². The molecule has 3 aromatic rings. The summed E-state index contributed by atoms with van der Waals surface area (Å²) in [5.74, 6) is -0.896. The number of carbonyl (C=O) groups excluding carboxylic acids is 1. The summed E-state index contributed by atoms with van der Waals surface area (Å²) in [7, 11) is 0. The molecule has 4 nitrogen and oxygen atoms in total. The molecule has 28 heavy (non-hydrogen) atoms. The van der Waals surface area contributed by atoms with Gasteiger partial charge in [0.05, 0.1) is 22.3 Å². The smallest absolute Gasteiger partial charge is 0.416 e. The molecule has 1 unspecified atom stereocenters. The molecular formula is C20H13ClF3NO3. The molecule has 1 aliphatic rings. The van der Waals surface area contributed by atoms with E-state index in [0.29, 0.717) is 10.6 Å². The number of pyridine rings is 1. The summed E-state index contributed by atoms with van der Waals surface area (Å²) in [4.78, 5) is 25.4. The molecule has 0 aliphatic heterocycles. The maximum absolute atomic E-state index is 12.8. The normalized spacial score (nSPS) is 17.0. The van der Waals surface area contributed by atoms with E-state index < -0.39 is 28.9 Å². The molecule has 0 bridgehead atoms. The molecule has 1 aliphatic carbocycles. The van der Waals surface area contributed by atoms with Crippen LogP contribution in [0.1, 0.15) is 39.5 Å². The fourth-order valence-electron chi connectivity index (χ4n) is 3.68. The Morgan fingerprint density at radius 1 is 1.04 bits per heavy atom. The van der Waals surface area contributed by atoms with Crippen LogP contribution in [0.4, 0.5) is 13.2 Å². The molecule has 4 rings (SSSR count). The number of rotatable bonds is 1. The number of hydrogen-bond donors (Lipinski definition) is 1. The van der Waals surface area contributed by atoms with Crippen molar-refractivity contribution in [3.8, 4) is 0 Å². The van der Waals surface area contributed by atoms with Gasteiger partial charge in [0.1, 0.15) is 0 Å². The van der Waals surface area contributed by atoms with E-state index in [-0.39, 0.29) is 35.0 Å². The predicted octanol–water partition coefficient (Wildman–Crippen LogP) is 4.82. The van der Waals surface area contributed by atoms with Gasteiger partial charge in [-0.15, -0.1) is 0 Å². The Morgan fingerprint density at radius 2 is 1.71 bits per heavy atom. The molecule has 0 amide bonds. The summed E-state index contributed by atoms with van der Waals surface area (Å²) in [6.45, 7) is 0. The number of aromatic nitrogens is 1. The quantitative estimate of drug-likeness (QED) is 0.588. The van der Waals surface area contributed by atoms with E-state index in [4.69, 9.17) is 11.6 Å². The van der Waals surface area contributed by atoms with Gasteiger partial charge in [-0.2, -0.15) is 17.9 Å². The summed E-state index contributed by atoms with van der Waals surface area (Å²) in [5, 5.41) is 11.1. The molecule has 1 aromatic heterocycles. The predicted molar refractivity (Wildman–Crippen MR) is 97.2 cm³/mol. The van der Waals surface area contributed by atoms with Crippen LogP contribution in [0.25, 0.3) is 10.9 Å². The molecule has 0 radical (unpaired) electrons. The van der Waals surface area contributed by atoms with Crippen LogP contribution in [0.2, 0.25) is 5.02 Å². The second kappa shape index (κ2) is 6.38. The second-order valence-corrected chi connectivity index (χ2v) is 7.21. The molecule has 0 spiro atoms. The molecule has 1 atom stereocenters. The van der Waals surface area contributed by atoms with Crippen LogP contribution in [0, 0.1) is 0 Å². The topological polar surface area (TPSA) is 59.3 Å². The van der Waals surface area contributed by atoms with Crippen molar-refractivity contribution in [1.82, 2.24) is 4.73 Å². The molecule has 0 saturated carbocycles. The van der Waals surface area contributed by atoms with Gasteiger partial charge in [0, 0.05) is 16.8 Å². The number of hydrogen-bond acceptors (Lipinski definition) is 3. The van der Waals surface area contributed by atoms with Crippen LogP contribution >= 0.6 is 11.6 Å². The number of halogens is 4. The van der Waals surface area contributed by atoms with Gasteiger partial charge in [-0.05, 0) is 48.2 Å². The van der Waals surface area contributed by atoms with Crippen LogP contribution in [-0.2, 0) is 12.6 Å². The Kier molecular flexibility index (Phi) is 4.23. The first-order valence-corrected chi connectivity index (χ1v) is 8.81. The van der Waals surface area contributed by atoms with Crippen molar-refractivity contribution >= 4 is 28.3 Å². The van der Waals surface area contributed by atoms with Gasteiger partial charge in [0.15, 0.2) is 5.78 Å². The van der Waals surface area contributed by atoms with Crippen molar-refractivity contribution in [2.24, 2.45) is 0 Å². The van der Waals surface area contributed by atoms with E-state index in [9.17, 15) is 28.0 Å². The number of benzene rings is 2. The third-order valence-corrected chi connectivity index (χ3v) is 5.30. The SMILES string of the molecule is O=C1CC(c2ccc(C(F)(F)F)cc2)Cc2c1c(=O)c1ccc(Cl)cc1n2O. The highest BCUT2D eigenvalue weighted by Crippen LogP contribution is 2.35. The first-order valence-electron chi connectivity index (χ1n) is 8.43. The number of nitrogens with zero attached hydrogens (tertiary/aromatic N) is 1. The lowest BCUT2D eigenvalue weighted by Crippen LogP contribution is -2.30. The molecule has 8 heteroatoms. The number of carbonyl (C=O) groups is 1. The van der Waals surface area contributed by atoms with Crippen LogP contribution < -0.4 is 5.43 Å². The lowest BCUT2D eigenvalue weighted by atomic mass is 9.81. The van der Waals surface area contributed by atoms with E-state index in [1.54, 1.807) is 0 Å². The average molecular weight is 408 g/mol. The summed E-state index contributed by atoms with van der Waals surface area (Å²) in [6, 6.07) is 8.93. The van der Waals surface area contributed by atoms with Crippen molar-refractivity contribution in [2.75, 3.05) is 0 Å². The highest BCUT2D eigenvalue weighted by atomic mass is 35.5. The summed E-state index contributed by atoms with van der Waals surface area (Å²) in [6.07, 6.45) is -4.33. The fourth-order valence-corrected chi connectivity index (χ4v) is 3.84. The van der Waals surface area contributed by atoms with Crippen LogP contribution in [0.3, 0.4) is 0 Å². The van der Waals surface area contributed by atoms with E-state index >= 15 is 0 Å². The van der Waals surface area contributed by atoms with Gasteiger partial charge in [0.2, 0.25) is 5.43 Å². The molecule has 2 aromatic carbocycles. The first kappa shape index (κ1) is 18.6. The molecule has 1 N–H and O–H groups in total. The van der Waals surface area contributed by atoms with Crippen molar-refractivity contribution < 1.29 is 23.2 Å². The zero-order valence-corrected chi connectivity index (χ0v) is 15.0. The van der Waals surface area contributed by atoms with E-state index in [0.717, 1.165) is 16.9 Å². The van der Waals surface area contributed by atoms with Crippen LogP contribution in [0.5, 0.6) is 0 Å². The lowest BCUT2D eigenvalue weighted by molar-refractivity contribution is -0.137. The van der Waals surface area contributed by atoms with Crippen molar-refractivity contribution in [3.63, 3.8) is 0 Å².